The molecule has 4 bridgehead atoms. The molecule has 104 valence electrons. The molecule has 1 saturated heterocycles. The van der Waals surface area contributed by atoms with Crippen molar-refractivity contribution in [2.24, 2.45) is 0 Å². The van der Waals surface area contributed by atoms with Crippen molar-refractivity contribution >= 4 is 10.9 Å². The van der Waals surface area contributed by atoms with Crippen LogP contribution in [0, 0.1) is 0 Å². The molecule has 4 atom stereocenters. The normalized spacial score (nSPS) is 38.1. The molecule has 1 aliphatic carbocycles. The summed E-state index contributed by atoms with van der Waals surface area (Å²) in [6, 6.07) is 9.43. The molecule has 3 heteroatoms. The van der Waals surface area contributed by atoms with Crippen LogP contribution in [0.15, 0.2) is 24.3 Å². The summed E-state index contributed by atoms with van der Waals surface area (Å²) in [7, 11) is 1.91. The van der Waals surface area contributed by atoms with Crippen LogP contribution in [0.5, 0.6) is 0 Å². The Bertz CT molecular complexity index is 691. The Morgan fingerprint density at radius 2 is 2.25 bits per heavy atom. The Kier molecular flexibility index (Phi) is 2.08. The Morgan fingerprint density at radius 3 is 3.15 bits per heavy atom. The molecule has 1 saturated carbocycles. The summed E-state index contributed by atoms with van der Waals surface area (Å²) in [6.45, 7) is 2.30. The maximum atomic E-state index is 6.05. The topological polar surface area (TPSA) is 28.3 Å². The van der Waals surface area contributed by atoms with Gasteiger partial charge in [-0.3, -0.25) is 4.90 Å². The number of hydrogen-bond acceptors (Lipinski definition) is 2. The standard InChI is InChI=1S/C17H20N2O/c1-20-17-8-6-14-15(17)16-12(7-9-19(14)10-17)11-4-2-3-5-13(11)18-16/h2-5,14-15,18H,6-10H2,1H3. The molecule has 1 aromatic carbocycles. The van der Waals surface area contributed by atoms with Crippen LogP contribution in [0.2, 0.25) is 0 Å². The molecular weight excluding hydrogens is 248 g/mol. The van der Waals surface area contributed by atoms with Crippen molar-refractivity contribution < 1.29 is 4.74 Å². The van der Waals surface area contributed by atoms with Crippen LogP contribution in [0.3, 0.4) is 0 Å². The third-order valence-corrected chi connectivity index (χ3v) is 5.97. The molecule has 3 heterocycles. The minimum absolute atomic E-state index is 0.0563. The molecule has 4 unspecified atom stereocenters. The summed E-state index contributed by atoms with van der Waals surface area (Å²) < 4.78 is 6.05. The van der Waals surface area contributed by atoms with Gasteiger partial charge in [-0.2, -0.15) is 0 Å². The number of nitrogens with zero attached hydrogens (tertiary/aromatic N) is 1. The number of hydrogen-bond donors (Lipinski definition) is 1. The highest BCUT2D eigenvalue weighted by atomic mass is 16.5. The number of methoxy groups -OCH3 is 1. The number of para-hydroxylation sites is 1. The molecule has 1 N–H and O–H groups in total. The molecule has 0 radical (unpaired) electrons. The van der Waals surface area contributed by atoms with Crippen LogP contribution in [0.1, 0.15) is 30.0 Å². The van der Waals surface area contributed by atoms with E-state index >= 15 is 0 Å². The van der Waals surface area contributed by atoms with Crippen molar-refractivity contribution in [3.63, 3.8) is 0 Å². The number of nitrogens with one attached hydrogen (secondary N) is 1. The molecule has 2 fully saturated rings. The van der Waals surface area contributed by atoms with E-state index in [1.54, 1.807) is 5.56 Å². The molecule has 0 spiro atoms. The monoisotopic (exact) mass is 268 g/mol. The Hall–Kier alpha value is -1.32. The first-order chi connectivity index (χ1) is 9.82. The van der Waals surface area contributed by atoms with Gasteiger partial charge in [0, 0.05) is 48.8 Å². The maximum Gasteiger partial charge on any atom is 0.0903 e. The Labute approximate surface area is 118 Å². The highest BCUT2D eigenvalue weighted by Gasteiger charge is 2.60. The average molecular weight is 268 g/mol. The minimum atomic E-state index is 0.0563. The number of ether oxygens (including phenoxy) is 1. The zero-order valence-corrected chi connectivity index (χ0v) is 11.9. The molecule has 2 aliphatic heterocycles. The highest BCUT2D eigenvalue weighted by molar-refractivity contribution is 5.85. The number of fused-ring (bicyclic) bond motifs is 3. The van der Waals surface area contributed by atoms with Gasteiger partial charge < -0.3 is 9.72 Å². The van der Waals surface area contributed by atoms with Gasteiger partial charge in [-0.05, 0) is 30.9 Å². The first-order valence-electron chi connectivity index (χ1n) is 7.71. The van der Waals surface area contributed by atoms with E-state index in [0.717, 1.165) is 6.54 Å². The average Bonchev–Trinajstić information content (AvgIpc) is 3.07. The third kappa shape index (κ3) is 1.19. The van der Waals surface area contributed by atoms with Crippen molar-refractivity contribution in [2.75, 3.05) is 20.2 Å². The third-order valence-electron chi connectivity index (χ3n) is 5.97. The fourth-order valence-corrected chi connectivity index (χ4v) is 5.10. The zero-order chi connectivity index (χ0) is 13.3. The summed E-state index contributed by atoms with van der Waals surface area (Å²) in [6.07, 6.45) is 3.67. The van der Waals surface area contributed by atoms with Crippen molar-refractivity contribution in [3.05, 3.63) is 35.5 Å². The lowest BCUT2D eigenvalue weighted by Crippen LogP contribution is -2.41. The van der Waals surface area contributed by atoms with Crippen molar-refractivity contribution in [1.29, 1.82) is 0 Å². The number of aromatic amines is 1. The quantitative estimate of drug-likeness (QED) is 0.861. The number of H-pyrrole nitrogens is 1. The predicted octanol–water partition coefficient (Wildman–Crippen LogP) is 2.67. The number of aromatic nitrogens is 1. The van der Waals surface area contributed by atoms with E-state index in [2.05, 4.69) is 34.1 Å². The lowest BCUT2D eigenvalue weighted by atomic mass is 9.87. The molecule has 1 aromatic heterocycles. The van der Waals surface area contributed by atoms with E-state index < -0.39 is 0 Å². The van der Waals surface area contributed by atoms with Gasteiger partial charge in [-0.25, -0.2) is 0 Å². The van der Waals surface area contributed by atoms with Gasteiger partial charge in [0.25, 0.3) is 0 Å². The van der Waals surface area contributed by atoms with Gasteiger partial charge in [0.1, 0.15) is 0 Å². The Morgan fingerprint density at radius 1 is 1.35 bits per heavy atom. The van der Waals surface area contributed by atoms with Gasteiger partial charge in [0.2, 0.25) is 0 Å². The number of piperidine rings is 1. The van der Waals surface area contributed by atoms with Gasteiger partial charge in [-0.1, -0.05) is 18.2 Å². The van der Waals surface area contributed by atoms with E-state index in [0.29, 0.717) is 12.0 Å². The highest BCUT2D eigenvalue weighted by Crippen LogP contribution is 2.55. The number of rotatable bonds is 1. The van der Waals surface area contributed by atoms with Crippen LogP contribution >= 0.6 is 0 Å². The minimum Gasteiger partial charge on any atom is -0.376 e. The second kappa shape index (κ2) is 3.66. The predicted molar refractivity (Wildman–Crippen MR) is 79.1 cm³/mol. The lowest BCUT2D eigenvalue weighted by molar-refractivity contribution is -0.0188. The lowest BCUT2D eigenvalue weighted by Gasteiger charge is -2.33. The number of benzene rings is 1. The van der Waals surface area contributed by atoms with E-state index in [1.807, 2.05) is 7.11 Å². The van der Waals surface area contributed by atoms with Crippen molar-refractivity contribution in [1.82, 2.24) is 9.88 Å². The molecule has 2 aromatic rings. The molecule has 20 heavy (non-hydrogen) atoms. The summed E-state index contributed by atoms with van der Waals surface area (Å²) in [5.74, 6) is 0.539. The zero-order valence-electron chi connectivity index (χ0n) is 11.9. The van der Waals surface area contributed by atoms with Gasteiger partial charge in [-0.15, -0.1) is 0 Å². The molecule has 3 aliphatic rings. The molecule has 3 nitrogen and oxygen atoms in total. The van der Waals surface area contributed by atoms with E-state index in [9.17, 15) is 0 Å². The summed E-state index contributed by atoms with van der Waals surface area (Å²) in [5.41, 5.74) is 4.36. The van der Waals surface area contributed by atoms with Crippen LogP contribution in [0.25, 0.3) is 10.9 Å². The molecule has 0 amide bonds. The second-order valence-electron chi connectivity index (χ2n) is 6.64. The SMILES string of the molecule is COC12CCC3C1c1[nH]c4ccccc4c1CCN3C2. The van der Waals surface area contributed by atoms with Gasteiger partial charge in [0.05, 0.1) is 5.60 Å². The van der Waals surface area contributed by atoms with E-state index in [4.69, 9.17) is 4.74 Å². The fourth-order valence-electron chi connectivity index (χ4n) is 5.10. The van der Waals surface area contributed by atoms with Crippen molar-refractivity contribution in [2.45, 2.75) is 36.8 Å². The van der Waals surface area contributed by atoms with Crippen LogP contribution in [0.4, 0.5) is 0 Å². The molecular formula is C17H20N2O. The van der Waals surface area contributed by atoms with Crippen LogP contribution in [-0.4, -0.2) is 41.7 Å². The van der Waals surface area contributed by atoms with E-state index in [1.165, 1.54) is 42.4 Å². The molecule has 5 rings (SSSR count). The van der Waals surface area contributed by atoms with Crippen LogP contribution in [-0.2, 0) is 11.2 Å². The second-order valence-corrected chi connectivity index (χ2v) is 6.64. The largest absolute Gasteiger partial charge is 0.376 e. The first-order valence-corrected chi connectivity index (χ1v) is 7.71. The smallest absolute Gasteiger partial charge is 0.0903 e. The first kappa shape index (κ1) is 11.4. The van der Waals surface area contributed by atoms with E-state index in [-0.39, 0.29) is 5.60 Å². The maximum absolute atomic E-state index is 6.05. The summed E-state index contributed by atoms with van der Waals surface area (Å²) in [4.78, 5) is 6.40. The van der Waals surface area contributed by atoms with Gasteiger partial charge >= 0.3 is 0 Å². The van der Waals surface area contributed by atoms with Crippen LogP contribution < -0.4 is 0 Å². The fraction of sp³-hybridized carbons (Fsp3) is 0.529. The summed E-state index contributed by atoms with van der Waals surface area (Å²) in [5, 5.41) is 1.42. The Balaban J connectivity index is 1.78. The van der Waals surface area contributed by atoms with Crippen molar-refractivity contribution in [3.8, 4) is 0 Å². The summed E-state index contributed by atoms with van der Waals surface area (Å²) >= 11 is 0. The van der Waals surface area contributed by atoms with Gasteiger partial charge in [0.15, 0.2) is 0 Å².